The van der Waals surface area contributed by atoms with Crippen LogP contribution in [-0.4, -0.2) is 10.2 Å². The second-order valence-corrected chi connectivity index (χ2v) is 1.88. The van der Waals surface area contributed by atoms with Gasteiger partial charge in [0.05, 0.1) is 5.56 Å². The molecule has 4 heteroatoms. The van der Waals surface area contributed by atoms with Gasteiger partial charge in [0.2, 0.25) is 0 Å². The summed E-state index contributed by atoms with van der Waals surface area (Å²) in [5, 5.41) is 17.6. The Kier molecular flexibility index (Phi) is 1.37. The van der Waals surface area contributed by atoms with E-state index in [0.717, 1.165) is 6.26 Å². The van der Waals surface area contributed by atoms with Gasteiger partial charge in [-0.3, -0.25) is 0 Å². The first kappa shape index (κ1) is 6.67. The first-order valence-corrected chi connectivity index (χ1v) is 2.63. The van der Waals surface area contributed by atoms with Crippen molar-refractivity contribution in [3.8, 4) is 11.5 Å². The van der Waals surface area contributed by atoms with Crippen LogP contribution in [0.25, 0.3) is 0 Å². The van der Waals surface area contributed by atoms with Crippen molar-refractivity contribution in [1.82, 2.24) is 0 Å². The fourth-order valence-electron chi connectivity index (χ4n) is 0.542. The van der Waals surface area contributed by atoms with Gasteiger partial charge in [0.1, 0.15) is 6.26 Å². The molecule has 0 saturated carbocycles. The van der Waals surface area contributed by atoms with Crippen molar-refractivity contribution in [2.45, 2.75) is 6.92 Å². The standard InChI is InChI=1S/C6H6O4/c1-3-5(8)4(7)2-10-6(3)9/h2,7-8H,1H3. The average Bonchev–Trinajstić information content (AvgIpc) is 1.93. The summed E-state index contributed by atoms with van der Waals surface area (Å²) in [5.74, 6) is -0.839. The van der Waals surface area contributed by atoms with Crippen LogP contribution >= 0.6 is 0 Å². The zero-order valence-corrected chi connectivity index (χ0v) is 5.29. The average molecular weight is 142 g/mol. The maximum absolute atomic E-state index is 10.6. The molecule has 0 atom stereocenters. The summed E-state index contributed by atoms with van der Waals surface area (Å²) >= 11 is 0. The van der Waals surface area contributed by atoms with Gasteiger partial charge in [-0.1, -0.05) is 0 Å². The Morgan fingerprint density at radius 1 is 1.50 bits per heavy atom. The predicted molar refractivity (Wildman–Crippen MR) is 33.0 cm³/mol. The van der Waals surface area contributed by atoms with Crippen LogP contribution in [-0.2, 0) is 0 Å². The predicted octanol–water partition coefficient (Wildman–Crippen LogP) is 0.359. The van der Waals surface area contributed by atoms with E-state index < -0.39 is 17.1 Å². The molecule has 1 rings (SSSR count). The topological polar surface area (TPSA) is 70.7 Å². The summed E-state index contributed by atoms with van der Waals surface area (Å²) in [6, 6.07) is 0. The molecule has 0 aliphatic carbocycles. The number of aromatic hydroxyl groups is 2. The molecule has 54 valence electrons. The van der Waals surface area contributed by atoms with E-state index in [4.69, 9.17) is 10.2 Å². The van der Waals surface area contributed by atoms with Crippen LogP contribution < -0.4 is 5.63 Å². The Balaban J connectivity index is 3.49. The monoisotopic (exact) mass is 142 g/mol. The highest BCUT2D eigenvalue weighted by molar-refractivity contribution is 5.38. The molecule has 0 saturated heterocycles. The van der Waals surface area contributed by atoms with Crippen LogP contribution in [0.5, 0.6) is 11.5 Å². The zero-order valence-electron chi connectivity index (χ0n) is 5.29. The molecule has 0 fully saturated rings. The second-order valence-electron chi connectivity index (χ2n) is 1.88. The Bertz CT molecular complexity index is 299. The number of rotatable bonds is 0. The lowest BCUT2D eigenvalue weighted by molar-refractivity contribution is 0.366. The molecule has 2 N–H and O–H groups in total. The van der Waals surface area contributed by atoms with Gasteiger partial charge in [0, 0.05) is 0 Å². The van der Waals surface area contributed by atoms with E-state index in [9.17, 15) is 4.79 Å². The Hall–Kier alpha value is -1.45. The van der Waals surface area contributed by atoms with Crippen molar-refractivity contribution < 1.29 is 14.6 Å². The highest BCUT2D eigenvalue weighted by Crippen LogP contribution is 2.24. The number of hydrogen-bond donors (Lipinski definition) is 2. The van der Waals surface area contributed by atoms with Crippen LogP contribution in [0.1, 0.15) is 5.56 Å². The second kappa shape index (κ2) is 2.06. The van der Waals surface area contributed by atoms with Crippen molar-refractivity contribution in [2.24, 2.45) is 0 Å². The smallest absolute Gasteiger partial charge is 0.342 e. The van der Waals surface area contributed by atoms with Crippen molar-refractivity contribution in [2.75, 3.05) is 0 Å². The van der Waals surface area contributed by atoms with E-state index >= 15 is 0 Å². The van der Waals surface area contributed by atoms with E-state index in [1.54, 1.807) is 0 Å². The highest BCUT2D eigenvalue weighted by atomic mass is 16.4. The fraction of sp³-hybridized carbons (Fsp3) is 0.167. The quantitative estimate of drug-likeness (QED) is 0.548. The molecular weight excluding hydrogens is 136 g/mol. The third-order valence-corrected chi connectivity index (χ3v) is 1.18. The van der Waals surface area contributed by atoms with Gasteiger partial charge < -0.3 is 14.6 Å². The fourth-order valence-corrected chi connectivity index (χ4v) is 0.542. The van der Waals surface area contributed by atoms with E-state index in [-0.39, 0.29) is 5.56 Å². The molecule has 0 aliphatic rings. The summed E-state index contributed by atoms with van der Waals surface area (Å²) in [6.45, 7) is 1.36. The Morgan fingerprint density at radius 3 is 2.60 bits per heavy atom. The summed E-state index contributed by atoms with van der Waals surface area (Å²) in [5.41, 5.74) is -0.629. The van der Waals surface area contributed by atoms with Crippen molar-refractivity contribution in [3.63, 3.8) is 0 Å². The van der Waals surface area contributed by atoms with Gasteiger partial charge in [-0.25, -0.2) is 4.79 Å². The molecule has 0 bridgehead atoms. The molecule has 0 spiro atoms. The minimum atomic E-state index is -0.643. The summed E-state index contributed by atoms with van der Waals surface area (Å²) in [7, 11) is 0. The molecule has 4 nitrogen and oxygen atoms in total. The molecule has 0 aromatic carbocycles. The van der Waals surface area contributed by atoms with Crippen LogP contribution in [0.4, 0.5) is 0 Å². The first-order valence-electron chi connectivity index (χ1n) is 2.63. The molecule has 0 radical (unpaired) electrons. The first-order chi connectivity index (χ1) is 4.63. The third-order valence-electron chi connectivity index (χ3n) is 1.18. The largest absolute Gasteiger partial charge is 0.504 e. The Labute approximate surface area is 56.4 Å². The summed E-state index contributed by atoms with van der Waals surface area (Å²) in [6.07, 6.45) is 0.796. The highest BCUT2D eigenvalue weighted by Gasteiger charge is 2.06. The lowest BCUT2D eigenvalue weighted by Crippen LogP contribution is -2.01. The summed E-state index contributed by atoms with van der Waals surface area (Å²) < 4.78 is 4.30. The van der Waals surface area contributed by atoms with Crippen LogP contribution in [0.3, 0.4) is 0 Å². The molecule has 10 heavy (non-hydrogen) atoms. The van der Waals surface area contributed by atoms with E-state index in [0.29, 0.717) is 0 Å². The molecular formula is C6H6O4. The lowest BCUT2D eigenvalue weighted by Gasteiger charge is -1.96. The van der Waals surface area contributed by atoms with Gasteiger partial charge >= 0.3 is 5.63 Å². The maximum Gasteiger partial charge on any atom is 0.342 e. The van der Waals surface area contributed by atoms with E-state index in [1.165, 1.54) is 6.92 Å². The minimum absolute atomic E-state index is 0.0139. The van der Waals surface area contributed by atoms with E-state index in [2.05, 4.69) is 4.42 Å². The number of hydrogen-bond acceptors (Lipinski definition) is 4. The van der Waals surface area contributed by atoms with Gasteiger partial charge in [0.15, 0.2) is 11.5 Å². The molecule has 1 heterocycles. The third kappa shape index (κ3) is 0.834. The molecule has 1 aromatic rings. The maximum atomic E-state index is 10.6. The molecule has 0 aliphatic heterocycles. The van der Waals surface area contributed by atoms with Crippen LogP contribution in [0.2, 0.25) is 0 Å². The zero-order chi connectivity index (χ0) is 7.72. The molecule has 0 unspecified atom stereocenters. The SMILES string of the molecule is Cc1c(O)c(O)coc1=O. The summed E-state index contributed by atoms with van der Waals surface area (Å²) in [4.78, 5) is 10.6. The lowest BCUT2D eigenvalue weighted by atomic mass is 10.3. The minimum Gasteiger partial charge on any atom is -0.504 e. The van der Waals surface area contributed by atoms with Crippen molar-refractivity contribution in [1.29, 1.82) is 0 Å². The van der Waals surface area contributed by atoms with Gasteiger partial charge in [-0.15, -0.1) is 0 Å². The van der Waals surface area contributed by atoms with Gasteiger partial charge in [-0.2, -0.15) is 0 Å². The van der Waals surface area contributed by atoms with Crippen molar-refractivity contribution >= 4 is 0 Å². The molecule has 0 amide bonds. The van der Waals surface area contributed by atoms with Gasteiger partial charge in [0.25, 0.3) is 0 Å². The normalized spacial score (nSPS) is 9.70. The Morgan fingerprint density at radius 2 is 2.10 bits per heavy atom. The van der Waals surface area contributed by atoms with Crippen LogP contribution in [0, 0.1) is 6.92 Å². The van der Waals surface area contributed by atoms with Crippen molar-refractivity contribution in [3.05, 3.63) is 22.2 Å². The molecule has 1 aromatic heterocycles. The van der Waals surface area contributed by atoms with E-state index in [1.807, 2.05) is 0 Å². The van der Waals surface area contributed by atoms with Crippen LogP contribution in [0.15, 0.2) is 15.5 Å². The van der Waals surface area contributed by atoms with Gasteiger partial charge in [-0.05, 0) is 6.92 Å².